The lowest BCUT2D eigenvalue weighted by Gasteiger charge is -2.30. The van der Waals surface area contributed by atoms with Gasteiger partial charge in [0.25, 0.3) is 5.91 Å². The van der Waals surface area contributed by atoms with Gasteiger partial charge in [-0.2, -0.15) is 8.78 Å². The van der Waals surface area contributed by atoms with Gasteiger partial charge in [0.15, 0.2) is 0 Å². The number of hydrogen-bond acceptors (Lipinski definition) is 2. The van der Waals surface area contributed by atoms with E-state index in [1.165, 1.54) is 20.8 Å². The van der Waals surface area contributed by atoms with Gasteiger partial charge in [0.2, 0.25) is 0 Å². The predicted molar refractivity (Wildman–Crippen MR) is 44.9 cm³/mol. The molecule has 90 valence electrons. The fourth-order valence-electron chi connectivity index (χ4n) is 0.579. The highest BCUT2D eigenvalue weighted by Gasteiger charge is 2.50. The molecule has 7 heteroatoms. The highest BCUT2D eigenvalue weighted by molar-refractivity contribution is 5.84. The first-order valence-corrected chi connectivity index (χ1v) is 4.18. The first-order chi connectivity index (χ1) is 6.51. The maximum atomic E-state index is 12.5. The van der Waals surface area contributed by atoms with E-state index < -0.39 is 29.9 Å². The Morgan fingerprint density at radius 1 is 1.33 bits per heavy atom. The Balaban J connectivity index is 4.64. The van der Waals surface area contributed by atoms with Crippen molar-refractivity contribution < 1.29 is 27.5 Å². The number of halogens is 4. The van der Waals surface area contributed by atoms with E-state index in [1.807, 2.05) is 0 Å². The van der Waals surface area contributed by atoms with Crippen LogP contribution in [-0.4, -0.2) is 35.0 Å². The lowest BCUT2D eigenvalue weighted by atomic mass is 9.98. The number of aliphatic hydroxyl groups is 1. The van der Waals surface area contributed by atoms with Crippen molar-refractivity contribution in [3.63, 3.8) is 0 Å². The van der Waals surface area contributed by atoms with Gasteiger partial charge in [0, 0.05) is 0 Å². The number of nitrogens with one attached hydrogen (secondary N) is 1. The van der Waals surface area contributed by atoms with Crippen LogP contribution in [0.25, 0.3) is 0 Å². The lowest BCUT2D eigenvalue weighted by molar-refractivity contribution is -0.172. The van der Waals surface area contributed by atoms with Crippen molar-refractivity contribution in [2.75, 3.05) is 0 Å². The van der Waals surface area contributed by atoms with E-state index in [4.69, 9.17) is 5.11 Å². The van der Waals surface area contributed by atoms with Gasteiger partial charge in [-0.3, -0.25) is 4.79 Å². The highest BCUT2D eigenvalue weighted by Crippen LogP contribution is 2.24. The second-order valence-corrected chi connectivity index (χ2v) is 3.78. The van der Waals surface area contributed by atoms with Gasteiger partial charge < -0.3 is 10.4 Å². The smallest absolute Gasteiger partial charge is 0.383 e. The van der Waals surface area contributed by atoms with Gasteiger partial charge in [0.05, 0.1) is 11.6 Å². The summed E-state index contributed by atoms with van der Waals surface area (Å²) in [6.45, 7) is 3.75. The summed E-state index contributed by atoms with van der Waals surface area (Å²) in [4.78, 5) is 10.8. The molecule has 0 heterocycles. The molecule has 0 rings (SSSR count). The number of aliphatic hydroxyl groups excluding tert-OH is 1. The molecule has 15 heavy (non-hydrogen) atoms. The zero-order valence-corrected chi connectivity index (χ0v) is 8.52. The van der Waals surface area contributed by atoms with Crippen LogP contribution in [0.2, 0.25) is 0 Å². The molecule has 0 saturated carbocycles. The van der Waals surface area contributed by atoms with Crippen LogP contribution in [0.5, 0.6) is 0 Å². The van der Waals surface area contributed by atoms with Crippen LogP contribution in [-0.2, 0) is 4.79 Å². The fourth-order valence-corrected chi connectivity index (χ4v) is 0.579. The first kappa shape index (κ1) is 14.2. The van der Waals surface area contributed by atoms with Crippen LogP contribution in [0.4, 0.5) is 17.6 Å². The number of hydrogen-bond donors (Lipinski definition) is 2. The van der Waals surface area contributed by atoms with Crippen molar-refractivity contribution in [3.05, 3.63) is 0 Å². The molecule has 0 aliphatic carbocycles. The van der Waals surface area contributed by atoms with Crippen molar-refractivity contribution in [2.45, 2.75) is 44.8 Å². The fraction of sp³-hybridized carbons (Fsp3) is 0.875. The van der Waals surface area contributed by atoms with E-state index in [1.54, 1.807) is 5.32 Å². The molecule has 2 N–H and O–H groups in total. The van der Waals surface area contributed by atoms with Gasteiger partial charge in [-0.15, -0.1) is 0 Å². The van der Waals surface area contributed by atoms with Crippen molar-refractivity contribution in [3.8, 4) is 0 Å². The summed E-state index contributed by atoms with van der Waals surface area (Å²) in [7, 11) is 0. The van der Waals surface area contributed by atoms with Crippen molar-refractivity contribution in [2.24, 2.45) is 0 Å². The van der Waals surface area contributed by atoms with Crippen LogP contribution in [0.15, 0.2) is 0 Å². The molecule has 0 aromatic carbocycles. The summed E-state index contributed by atoms with van der Waals surface area (Å²) in [5.74, 6) is -6.84. The number of carbonyl (C=O) groups is 1. The zero-order valence-electron chi connectivity index (χ0n) is 8.52. The molecule has 0 aromatic heterocycles. The van der Waals surface area contributed by atoms with E-state index >= 15 is 0 Å². The monoisotopic (exact) mass is 231 g/mol. The molecular formula is C8H13F4NO2. The predicted octanol–water partition coefficient (Wildman–Crippen LogP) is 1.16. The average molecular weight is 231 g/mol. The van der Waals surface area contributed by atoms with E-state index in [0.717, 1.165) is 0 Å². The average Bonchev–Trinajstić information content (AvgIpc) is 2.02. The highest BCUT2D eigenvalue weighted by atomic mass is 19.3. The molecular weight excluding hydrogens is 218 g/mol. The molecule has 0 aromatic rings. The van der Waals surface area contributed by atoms with Gasteiger partial charge in [0.1, 0.15) is 0 Å². The topological polar surface area (TPSA) is 49.3 Å². The third-order valence-corrected chi connectivity index (χ3v) is 2.06. The normalized spacial score (nSPS) is 15.3. The molecule has 0 saturated heterocycles. The Hall–Kier alpha value is -0.850. The van der Waals surface area contributed by atoms with Gasteiger partial charge in [-0.1, -0.05) is 0 Å². The summed E-state index contributed by atoms with van der Waals surface area (Å²) in [5, 5.41) is 10.7. The number of alkyl halides is 4. The summed E-state index contributed by atoms with van der Waals surface area (Å²) in [5.41, 5.74) is -1.39. The third kappa shape index (κ3) is 3.33. The van der Waals surface area contributed by atoms with E-state index in [0.29, 0.717) is 0 Å². The minimum absolute atomic E-state index is 1.14. The summed E-state index contributed by atoms with van der Waals surface area (Å²) in [6.07, 6.45) is -5.21. The van der Waals surface area contributed by atoms with Gasteiger partial charge >= 0.3 is 12.3 Å². The number of carbonyl (C=O) groups excluding carboxylic acids is 1. The Kier molecular flexibility index (Phi) is 4.09. The minimum Gasteiger partial charge on any atom is -0.391 e. The third-order valence-electron chi connectivity index (χ3n) is 2.06. The van der Waals surface area contributed by atoms with E-state index in [-0.39, 0.29) is 0 Å². The summed E-state index contributed by atoms with van der Waals surface area (Å²) >= 11 is 0. The molecule has 0 bridgehead atoms. The van der Waals surface area contributed by atoms with Crippen molar-refractivity contribution >= 4 is 5.91 Å². The van der Waals surface area contributed by atoms with Crippen LogP contribution in [0.3, 0.4) is 0 Å². The lowest BCUT2D eigenvalue weighted by Crippen LogP contribution is -2.57. The van der Waals surface area contributed by atoms with Crippen LogP contribution in [0, 0.1) is 0 Å². The van der Waals surface area contributed by atoms with E-state index in [9.17, 15) is 22.4 Å². The SMILES string of the molecule is CC(O)C(C)(C)NC(=O)C(F)(F)C(F)F. The Morgan fingerprint density at radius 2 is 1.73 bits per heavy atom. The second kappa shape index (κ2) is 4.34. The molecule has 0 aliphatic heterocycles. The number of amides is 1. The van der Waals surface area contributed by atoms with Crippen LogP contribution < -0.4 is 5.32 Å². The van der Waals surface area contributed by atoms with E-state index in [2.05, 4.69) is 0 Å². The minimum atomic E-state index is -4.74. The Labute approximate surface area is 84.5 Å². The molecule has 0 aliphatic rings. The molecule has 0 radical (unpaired) electrons. The summed E-state index contributed by atoms with van der Waals surface area (Å²) < 4.78 is 48.5. The quantitative estimate of drug-likeness (QED) is 0.713. The first-order valence-electron chi connectivity index (χ1n) is 4.18. The molecule has 0 spiro atoms. The van der Waals surface area contributed by atoms with Gasteiger partial charge in [-0.05, 0) is 20.8 Å². The summed E-state index contributed by atoms with van der Waals surface area (Å²) in [6, 6.07) is 0. The molecule has 3 nitrogen and oxygen atoms in total. The van der Waals surface area contributed by atoms with Crippen LogP contribution in [0.1, 0.15) is 20.8 Å². The maximum Gasteiger partial charge on any atom is 0.383 e. The Bertz CT molecular complexity index is 241. The standard InChI is InChI=1S/C8H13F4NO2/c1-4(14)7(2,3)13-6(15)8(11,12)5(9)10/h4-5,14H,1-3H3,(H,13,15). The maximum absolute atomic E-state index is 12.5. The largest absolute Gasteiger partial charge is 0.391 e. The van der Waals surface area contributed by atoms with Crippen molar-refractivity contribution in [1.82, 2.24) is 5.32 Å². The second-order valence-electron chi connectivity index (χ2n) is 3.78. The molecule has 0 fully saturated rings. The zero-order chi connectivity index (χ0) is 12.4. The van der Waals surface area contributed by atoms with Crippen LogP contribution >= 0.6 is 0 Å². The molecule has 1 atom stereocenters. The Morgan fingerprint density at radius 3 is 2.00 bits per heavy atom. The number of rotatable bonds is 4. The molecule has 1 unspecified atom stereocenters. The van der Waals surface area contributed by atoms with Crippen molar-refractivity contribution in [1.29, 1.82) is 0 Å². The molecule has 1 amide bonds. The van der Waals surface area contributed by atoms with Gasteiger partial charge in [-0.25, -0.2) is 8.78 Å².